The summed E-state index contributed by atoms with van der Waals surface area (Å²) in [6.07, 6.45) is 0. The average Bonchev–Trinajstić information content (AvgIpc) is 3.83. The maximum atomic E-state index is 2.41. The van der Waals surface area contributed by atoms with Crippen molar-refractivity contribution in [3.8, 4) is 11.1 Å². The summed E-state index contributed by atoms with van der Waals surface area (Å²) in [5, 5.41) is 2.62. The van der Waals surface area contributed by atoms with Gasteiger partial charge in [0.2, 0.25) is 0 Å². The van der Waals surface area contributed by atoms with Gasteiger partial charge in [0.05, 0.1) is 10.8 Å². The maximum absolute atomic E-state index is 2.41. The number of fused-ring (bicyclic) bond motifs is 8. The molecule has 0 bridgehead atoms. The van der Waals surface area contributed by atoms with Crippen LogP contribution in [0.1, 0.15) is 44.5 Å². The fraction of sp³-hybridized carbons (Fsp3) is 0.0357. The van der Waals surface area contributed by atoms with E-state index >= 15 is 0 Å². The van der Waals surface area contributed by atoms with Gasteiger partial charge < -0.3 is 4.90 Å². The highest BCUT2D eigenvalue weighted by Gasteiger charge is 2.57. The molecule has 0 radical (unpaired) electrons. The lowest BCUT2D eigenvalue weighted by Gasteiger charge is -2.49. The zero-order valence-electron chi connectivity index (χ0n) is 31.7. The monoisotopic (exact) mass is 755 g/mol. The van der Waals surface area contributed by atoms with Gasteiger partial charge in [0.25, 0.3) is 0 Å². The Hall–Kier alpha value is -7.00. The molecule has 10 aromatic rings. The topological polar surface area (TPSA) is 3.24 Å². The zero-order chi connectivity index (χ0) is 38.3. The highest BCUT2D eigenvalue weighted by atomic mass is 32.1. The normalized spacial score (nSPS) is 17.4. The molecule has 2 aliphatic carbocycles. The van der Waals surface area contributed by atoms with Crippen LogP contribution in [0.25, 0.3) is 31.3 Å². The van der Waals surface area contributed by atoms with Gasteiger partial charge in [0, 0.05) is 37.2 Å². The quantitative estimate of drug-likeness (QED) is 0.163. The summed E-state index contributed by atoms with van der Waals surface area (Å²) in [6, 6.07) is 83.7. The molecule has 0 spiro atoms. The molecule has 0 saturated heterocycles. The molecule has 1 aromatic heterocycles. The van der Waals surface area contributed by atoms with Crippen LogP contribution in [0.3, 0.4) is 0 Å². The third kappa shape index (κ3) is 4.47. The molecule has 58 heavy (non-hydrogen) atoms. The van der Waals surface area contributed by atoms with Crippen molar-refractivity contribution in [1.82, 2.24) is 0 Å². The van der Waals surface area contributed by atoms with Gasteiger partial charge in [-0.05, 0) is 98.1 Å². The Bertz CT molecular complexity index is 3170. The van der Waals surface area contributed by atoms with E-state index in [0.29, 0.717) is 0 Å². The van der Waals surface area contributed by atoms with Gasteiger partial charge in [0.1, 0.15) is 0 Å². The van der Waals surface area contributed by atoms with E-state index in [-0.39, 0.29) is 0 Å². The Morgan fingerprint density at radius 2 is 0.810 bits per heavy atom. The van der Waals surface area contributed by atoms with Crippen LogP contribution in [0, 0.1) is 0 Å². The van der Waals surface area contributed by atoms with E-state index in [1.165, 1.54) is 75.8 Å². The smallest absolute Gasteiger partial charge is 0.0720 e. The Kier molecular flexibility index (Phi) is 7.30. The van der Waals surface area contributed by atoms with Crippen LogP contribution < -0.4 is 4.90 Å². The lowest BCUT2D eigenvalue weighted by atomic mass is 9.52. The van der Waals surface area contributed by atoms with Gasteiger partial charge in [-0.1, -0.05) is 182 Å². The lowest BCUT2D eigenvalue weighted by molar-refractivity contribution is 0.626. The minimum Gasteiger partial charge on any atom is -0.310 e. The predicted molar refractivity (Wildman–Crippen MR) is 243 cm³/mol. The molecule has 0 saturated carbocycles. The molecule has 2 unspecified atom stereocenters. The number of anilines is 3. The van der Waals surface area contributed by atoms with Crippen LogP contribution in [0.5, 0.6) is 0 Å². The molecule has 2 heteroatoms. The van der Waals surface area contributed by atoms with Gasteiger partial charge in [0.15, 0.2) is 0 Å². The van der Waals surface area contributed by atoms with Gasteiger partial charge in [-0.3, -0.25) is 0 Å². The van der Waals surface area contributed by atoms with E-state index in [1.54, 1.807) is 0 Å². The summed E-state index contributed by atoms with van der Waals surface area (Å²) >= 11 is 1.86. The average molecular weight is 756 g/mol. The van der Waals surface area contributed by atoms with Crippen molar-refractivity contribution in [1.29, 1.82) is 0 Å². The highest BCUT2D eigenvalue weighted by Crippen LogP contribution is 2.65. The fourth-order valence-electron chi connectivity index (χ4n) is 10.6. The number of para-hydroxylation sites is 1. The summed E-state index contributed by atoms with van der Waals surface area (Å²) in [5.74, 6) is 0. The second kappa shape index (κ2) is 12.8. The number of hydrogen-bond acceptors (Lipinski definition) is 2. The molecule has 0 fully saturated rings. The van der Waals surface area contributed by atoms with E-state index in [0.717, 1.165) is 17.1 Å². The Balaban J connectivity index is 1.12. The van der Waals surface area contributed by atoms with Crippen LogP contribution in [0.15, 0.2) is 224 Å². The van der Waals surface area contributed by atoms with Gasteiger partial charge in [-0.2, -0.15) is 0 Å². The largest absolute Gasteiger partial charge is 0.310 e. The number of benzene rings is 9. The Morgan fingerprint density at radius 1 is 0.310 bits per heavy atom. The third-order valence-corrected chi connectivity index (χ3v) is 13.9. The summed E-state index contributed by atoms with van der Waals surface area (Å²) in [4.78, 5) is 2.40. The van der Waals surface area contributed by atoms with Crippen molar-refractivity contribution < 1.29 is 0 Å². The number of rotatable bonds is 6. The van der Waals surface area contributed by atoms with Crippen molar-refractivity contribution in [2.24, 2.45) is 0 Å². The molecule has 9 aromatic carbocycles. The second-order valence-corrected chi connectivity index (χ2v) is 16.6. The number of thiophene rings is 1. The van der Waals surface area contributed by atoms with Crippen LogP contribution >= 0.6 is 11.3 Å². The van der Waals surface area contributed by atoms with Gasteiger partial charge in [-0.15, -0.1) is 11.3 Å². The minimum atomic E-state index is -0.588. The molecular weight excluding hydrogens is 719 g/mol. The number of nitrogens with zero attached hydrogens (tertiary/aromatic N) is 1. The standard InChI is InChI=1S/C56H37NS/c1-4-17-38(18-5-1)55(40-31-33-42(34-32-40)57(41-21-8-3-9-22-41)43-35-36-46-45-24-11-15-30-52(45)58-53(46)37-43)49-27-13-14-28-50(49)56(39-19-6-2-7-20-39)48-26-12-10-23-44(48)47-25-16-29-51(55)54(47)56/h1-37H. The number of hydrogen-bond donors (Lipinski definition) is 0. The highest BCUT2D eigenvalue weighted by molar-refractivity contribution is 7.25. The van der Waals surface area contributed by atoms with Crippen molar-refractivity contribution in [2.45, 2.75) is 10.8 Å². The maximum Gasteiger partial charge on any atom is 0.0720 e. The summed E-state index contributed by atoms with van der Waals surface area (Å²) in [7, 11) is 0. The first-order valence-electron chi connectivity index (χ1n) is 20.1. The summed E-state index contributed by atoms with van der Waals surface area (Å²) in [5.41, 5.74) is 15.5. The van der Waals surface area contributed by atoms with Gasteiger partial charge >= 0.3 is 0 Å². The van der Waals surface area contributed by atoms with E-state index in [1.807, 2.05) is 11.3 Å². The Morgan fingerprint density at radius 3 is 1.55 bits per heavy atom. The predicted octanol–water partition coefficient (Wildman–Crippen LogP) is 14.6. The van der Waals surface area contributed by atoms with Crippen LogP contribution in [0.2, 0.25) is 0 Å². The molecular formula is C56H37NS. The van der Waals surface area contributed by atoms with Crippen molar-refractivity contribution in [3.63, 3.8) is 0 Å². The zero-order valence-corrected chi connectivity index (χ0v) is 32.5. The van der Waals surface area contributed by atoms with Crippen LogP contribution in [-0.2, 0) is 10.8 Å². The summed E-state index contributed by atoms with van der Waals surface area (Å²) in [6.45, 7) is 0. The van der Waals surface area contributed by atoms with E-state index < -0.39 is 10.8 Å². The molecule has 0 aliphatic heterocycles. The lowest BCUT2D eigenvalue weighted by Crippen LogP contribution is -2.44. The SMILES string of the molecule is c1ccc(N(c2ccc(C3(c4ccccc4)c4ccccc4C4(c5ccccc5)c5ccccc5-c5cccc3c54)cc2)c2ccc3c(c2)sc2ccccc23)cc1. The minimum absolute atomic E-state index is 0.464. The van der Waals surface area contributed by atoms with E-state index in [4.69, 9.17) is 0 Å². The third-order valence-electron chi connectivity index (χ3n) is 12.8. The molecule has 0 N–H and O–H groups in total. The second-order valence-electron chi connectivity index (χ2n) is 15.5. The molecule has 0 amide bonds. The molecule has 12 rings (SSSR count). The van der Waals surface area contributed by atoms with Crippen LogP contribution in [-0.4, -0.2) is 0 Å². The first kappa shape index (κ1) is 33.2. The van der Waals surface area contributed by atoms with E-state index in [9.17, 15) is 0 Å². The first-order chi connectivity index (χ1) is 28.8. The molecule has 1 heterocycles. The van der Waals surface area contributed by atoms with Gasteiger partial charge in [-0.25, -0.2) is 0 Å². The molecule has 1 nitrogen and oxygen atoms in total. The fourth-order valence-corrected chi connectivity index (χ4v) is 11.7. The molecule has 272 valence electrons. The van der Waals surface area contributed by atoms with E-state index in [2.05, 4.69) is 229 Å². The van der Waals surface area contributed by atoms with Crippen molar-refractivity contribution in [2.75, 3.05) is 4.90 Å². The van der Waals surface area contributed by atoms with Crippen molar-refractivity contribution >= 4 is 48.6 Å². The first-order valence-corrected chi connectivity index (χ1v) is 20.9. The Labute approximate surface area is 342 Å². The van der Waals surface area contributed by atoms with Crippen molar-refractivity contribution in [3.05, 3.63) is 269 Å². The molecule has 2 atom stereocenters. The summed E-state index contributed by atoms with van der Waals surface area (Å²) < 4.78 is 2.61. The molecule has 2 aliphatic rings. The van der Waals surface area contributed by atoms with Crippen LogP contribution in [0.4, 0.5) is 17.1 Å².